The number of carbonyl (C=O) groups is 1. The van der Waals surface area contributed by atoms with Gasteiger partial charge in [0.05, 0.1) is 12.3 Å². The molecule has 0 saturated carbocycles. The topological polar surface area (TPSA) is 97.5 Å². The molecule has 0 radical (unpaired) electrons. The summed E-state index contributed by atoms with van der Waals surface area (Å²) in [4.78, 5) is 39.2. The van der Waals surface area contributed by atoms with Gasteiger partial charge in [-0.05, 0) is 0 Å². The molecule has 0 aromatic carbocycles. The number of hydrogen-bond acceptors (Lipinski definition) is 6. The quantitative estimate of drug-likeness (QED) is 0.724. The summed E-state index contributed by atoms with van der Waals surface area (Å²) in [5, 5.41) is 6.32. The van der Waals surface area contributed by atoms with E-state index in [0.29, 0.717) is 6.54 Å². The third-order valence-electron chi connectivity index (χ3n) is 2.78. The molecular formula is C11H15N5O3S. The summed E-state index contributed by atoms with van der Waals surface area (Å²) in [5.74, 6) is 0.0505. The maximum Gasteiger partial charge on any atom is 0.332 e. The van der Waals surface area contributed by atoms with Crippen molar-refractivity contribution in [2.75, 3.05) is 24.2 Å². The lowest BCUT2D eigenvalue weighted by Gasteiger charge is -2.10. The average Bonchev–Trinajstić information content (AvgIpc) is 2.93. The SMILES string of the molecule is Cn1c(NC(=O)CSC2=NCCN2)cc(=O)n(C)c1=O. The molecule has 2 N–H and O–H groups in total. The Morgan fingerprint density at radius 3 is 2.85 bits per heavy atom. The molecule has 8 nitrogen and oxygen atoms in total. The molecule has 2 rings (SSSR count). The Balaban J connectivity index is 2.04. The molecule has 1 aromatic heterocycles. The summed E-state index contributed by atoms with van der Waals surface area (Å²) in [6.45, 7) is 1.50. The fourth-order valence-corrected chi connectivity index (χ4v) is 2.37. The number of rotatable bonds is 3. The van der Waals surface area contributed by atoms with Gasteiger partial charge in [-0.15, -0.1) is 0 Å². The molecular weight excluding hydrogens is 282 g/mol. The van der Waals surface area contributed by atoms with E-state index in [-0.39, 0.29) is 17.5 Å². The van der Waals surface area contributed by atoms with Crippen molar-refractivity contribution < 1.29 is 4.79 Å². The van der Waals surface area contributed by atoms with Crippen molar-refractivity contribution in [2.45, 2.75) is 0 Å². The molecule has 108 valence electrons. The average molecular weight is 297 g/mol. The highest BCUT2D eigenvalue weighted by molar-refractivity contribution is 8.14. The highest BCUT2D eigenvalue weighted by Gasteiger charge is 2.12. The van der Waals surface area contributed by atoms with Crippen molar-refractivity contribution >= 4 is 28.7 Å². The molecule has 1 aliphatic rings. The molecule has 0 fully saturated rings. The molecule has 9 heteroatoms. The Hall–Kier alpha value is -2.03. The number of nitrogens with one attached hydrogen (secondary N) is 2. The molecule has 0 unspecified atom stereocenters. The van der Waals surface area contributed by atoms with Crippen LogP contribution in [0.4, 0.5) is 5.82 Å². The molecule has 0 spiro atoms. The van der Waals surface area contributed by atoms with Gasteiger partial charge >= 0.3 is 5.69 Å². The van der Waals surface area contributed by atoms with Crippen LogP contribution in [0.3, 0.4) is 0 Å². The number of aliphatic imine (C=N–C) groups is 1. The second-order valence-corrected chi connectivity index (χ2v) is 5.18. The van der Waals surface area contributed by atoms with E-state index in [0.717, 1.165) is 16.3 Å². The van der Waals surface area contributed by atoms with Crippen LogP contribution in [-0.2, 0) is 18.9 Å². The van der Waals surface area contributed by atoms with Crippen LogP contribution in [0.2, 0.25) is 0 Å². The van der Waals surface area contributed by atoms with Gasteiger partial charge in [-0.1, -0.05) is 11.8 Å². The zero-order valence-electron chi connectivity index (χ0n) is 11.2. The molecule has 1 amide bonds. The lowest BCUT2D eigenvalue weighted by molar-refractivity contribution is -0.113. The van der Waals surface area contributed by atoms with Crippen LogP contribution in [-0.4, -0.2) is 39.1 Å². The van der Waals surface area contributed by atoms with Crippen LogP contribution in [0.25, 0.3) is 0 Å². The van der Waals surface area contributed by atoms with Crippen molar-refractivity contribution in [1.82, 2.24) is 14.5 Å². The van der Waals surface area contributed by atoms with Crippen molar-refractivity contribution in [3.8, 4) is 0 Å². The third kappa shape index (κ3) is 3.10. The standard InChI is InChI=1S/C11H15N5O3S/c1-15-7(5-9(18)16(2)11(15)19)14-8(17)6-20-10-12-3-4-13-10/h5H,3-4,6H2,1-2H3,(H,12,13)(H,14,17). The lowest BCUT2D eigenvalue weighted by Crippen LogP contribution is -2.38. The minimum Gasteiger partial charge on any atom is -0.363 e. The van der Waals surface area contributed by atoms with E-state index in [1.165, 1.54) is 36.5 Å². The number of carbonyl (C=O) groups excluding carboxylic acids is 1. The zero-order valence-corrected chi connectivity index (χ0v) is 12.0. The van der Waals surface area contributed by atoms with Crippen molar-refractivity contribution in [3.63, 3.8) is 0 Å². The Bertz CT molecular complexity index is 676. The Labute approximate surface area is 118 Å². The van der Waals surface area contributed by atoms with Gasteiger partial charge in [0.1, 0.15) is 5.82 Å². The summed E-state index contributed by atoms with van der Waals surface area (Å²) in [7, 11) is 2.88. The second-order valence-electron chi connectivity index (χ2n) is 4.22. The zero-order chi connectivity index (χ0) is 14.7. The number of amides is 1. The van der Waals surface area contributed by atoms with Crippen molar-refractivity contribution in [1.29, 1.82) is 0 Å². The summed E-state index contributed by atoms with van der Waals surface area (Å²) in [6, 6.07) is 1.22. The molecule has 0 bridgehead atoms. The van der Waals surface area contributed by atoms with Gasteiger partial charge in [0.25, 0.3) is 5.56 Å². The fraction of sp³-hybridized carbons (Fsp3) is 0.455. The largest absolute Gasteiger partial charge is 0.363 e. The minimum atomic E-state index is -0.484. The molecule has 0 aliphatic carbocycles. The van der Waals surface area contributed by atoms with Gasteiger partial charge in [-0.25, -0.2) is 4.79 Å². The van der Waals surface area contributed by atoms with Crippen LogP contribution in [0.1, 0.15) is 0 Å². The van der Waals surface area contributed by atoms with Crippen molar-refractivity contribution in [3.05, 3.63) is 26.9 Å². The first kappa shape index (κ1) is 14.4. The van der Waals surface area contributed by atoms with E-state index in [1.807, 2.05) is 0 Å². The molecule has 1 aliphatic heterocycles. The lowest BCUT2D eigenvalue weighted by atomic mass is 10.5. The van der Waals surface area contributed by atoms with Gasteiger partial charge in [-0.2, -0.15) is 0 Å². The smallest absolute Gasteiger partial charge is 0.332 e. The van der Waals surface area contributed by atoms with E-state index in [9.17, 15) is 14.4 Å². The fourth-order valence-electron chi connectivity index (χ4n) is 1.64. The first-order chi connectivity index (χ1) is 9.49. The van der Waals surface area contributed by atoms with Gasteiger partial charge in [0, 0.05) is 26.7 Å². The second kappa shape index (κ2) is 5.95. The number of amidine groups is 1. The van der Waals surface area contributed by atoms with Crippen LogP contribution in [0, 0.1) is 0 Å². The van der Waals surface area contributed by atoms with Gasteiger partial charge in [0.15, 0.2) is 5.17 Å². The summed E-state index contributed by atoms with van der Waals surface area (Å²) in [5.41, 5.74) is -0.944. The van der Waals surface area contributed by atoms with E-state index < -0.39 is 11.2 Å². The maximum absolute atomic E-state index is 11.8. The van der Waals surface area contributed by atoms with Crippen molar-refractivity contribution in [2.24, 2.45) is 19.1 Å². The number of nitrogens with zero attached hydrogens (tertiary/aromatic N) is 3. The van der Waals surface area contributed by atoms with Gasteiger partial charge in [0.2, 0.25) is 5.91 Å². The van der Waals surface area contributed by atoms with Crippen LogP contribution >= 0.6 is 11.8 Å². The highest BCUT2D eigenvalue weighted by Crippen LogP contribution is 2.07. The monoisotopic (exact) mass is 297 g/mol. The normalized spacial score (nSPS) is 13.8. The van der Waals surface area contributed by atoms with Crippen LogP contribution < -0.4 is 21.9 Å². The summed E-state index contributed by atoms with van der Waals surface area (Å²) < 4.78 is 2.19. The van der Waals surface area contributed by atoms with Crippen LogP contribution in [0.15, 0.2) is 20.6 Å². The number of thioether (sulfide) groups is 1. The molecule has 1 aromatic rings. The number of anilines is 1. The van der Waals surface area contributed by atoms with E-state index in [1.54, 1.807) is 0 Å². The van der Waals surface area contributed by atoms with Gasteiger partial charge in [-0.3, -0.25) is 23.7 Å². The Morgan fingerprint density at radius 1 is 1.45 bits per heavy atom. The molecule has 0 atom stereocenters. The van der Waals surface area contributed by atoms with E-state index in [4.69, 9.17) is 0 Å². The molecule has 20 heavy (non-hydrogen) atoms. The molecule has 2 heterocycles. The van der Waals surface area contributed by atoms with Gasteiger partial charge < -0.3 is 10.6 Å². The maximum atomic E-state index is 11.8. The first-order valence-corrected chi connectivity index (χ1v) is 6.95. The third-order valence-corrected chi connectivity index (χ3v) is 3.73. The summed E-state index contributed by atoms with van der Waals surface area (Å²) >= 11 is 1.28. The summed E-state index contributed by atoms with van der Waals surface area (Å²) in [6.07, 6.45) is 0. The Kier molecular flexibility index (Phi) is 4.28. The first-order valence-electron chi connectivity index (χ1n) is 5.97. The van der Waals surface area contributed by atoms with E-state index in [2.05, 4.69) is 15.6 Å². The Morgan fingerprint density at radius 2 is 2.20 bits per heavy atom. The minimum absolute atomic E-state index is 0.162. The van der Waals surface area contributed by atoms with E-state index >= 15 is 0 Å². The molecule has 0 saturated heterocycles. The number of aromatic nitrogens is 2. The van der Waals surface area contributed by atoms with Crippen LogP contribution in [0.5, 0.6) is 0 Å². The predicted molar refractivity (Wildman–Crippen MR) is 78.3 cm³/mol. The number of hydrogen-bond donors (Lipinski definition) is 2. The highest BCUT2D eigenvalue weighted by atomic mass is 32.2. The predicted octanol–water partition coefficient (Wildman–Crippen LogP) is -1.29.